The van der Waals surface area contributed by atoms with Crippen LogP contribution in [-0.2, 0) is 6.54 Å². The van der Waals surface area contributed by atoms with Gasteiger partial charge in [-0.3, -0.25) is 0 Å². The minimum Gasteiger partial charge on any atom is -0.492 e. The van der Waals surface area contributed by atoms with Gasteiger partial charge in [0.1, 0.15) is 12.4 Å². The summed E-state index contributed by atoms with van der Waals surface area (Å²) >= 11 is 0. The number of rotatable bonds is 8. The molecule has 108 valence electrons. The summed E-state index contributed by atoms with van der Waals surface area (Å²) in [6, 6.07) is 6.22. The predicted octanol–water partition coefficient (Wildman–Crippen LogP) is 2.56. The third-order valence-corrected chi connectivity index (χ3v) is 3.35. The van der Waals surface area contributed by atoms with Gasteiger partial charge < -0.3 is 14.6 Å². The van der Waals surface area contributed by atoms with Crippen LogP contribution < -0.4 is 10.1 Å². The number of benzene rings is 1. The number of aryl methyl sites for hydroxylation is 3. The summed E-state index contributed by atoms with van der Waals surface area (Å²) in [4.78, 5) is 4.02. The van der Waals surface area contributed by atoms with Crippen LogP contribution in [0.2, 0.25) is 0 Å². The van der Waals surface area contributed by atoms with Crippen LogP contribution in [-0.4, -0.2) is 29.2 Å². The molecule has 2 rings (SSSR count). The van der Waals surface area contributed by atoms with Gasteiger partial charge in [-0.1, -0.05) is 6.07 Å². The summed E-state index contributed by atoms with van der Waals surface area (Å²) in [6.07, 6.45) is 6.75. The van der Waals surface area contributed by atoms with Crippen molar-refractivity contribution >= 4 is 0 Å². The molecule has 0 aliphatic carbocycles. The Kier molecular flexibility index (Phi) is 5.62. The number of imidazole rings is 1. The van der Waals surface area contributed by atoms with Crippen molar-refractivity contribution in [3.8, 4) is 5.75 Å². The molecule has 20 heavy (non-hydrogen) atoms. The lowest BCUT2D eigenvalue weighted by molar-refractivity contribution is 0.313. The third kappa shape index (κ3) is 4.70. The first kappa shape index (κ1) is 14.6. The fourth-order valence-electron chi connectivity index (χ4n) is 1.98. The van der Waals surface area contributed by atoms with Crippen molar-refractivity contribution in [2.24, 2.45) is 0 Å². The molecule has 4 nitrogen and oxygen atoms in total. The van der Waals surface area contributed by atoms with E-state index in [1.165, 1.54) is 11.1 Å². The minimum atomic E-state index is 0.702. The second-order valence-electron chi connectivity index (χ2n) is 5.00. The van der Waals surface area contributed by atoms with Crippen LogP contribution in [0.1, 0.15) is 17.5 Å². The molecule has 0 spiro atoms. The monoisotopic (exact) mass is 273 g/mol. The van der Waals surface area contributed by atoms with Crippen LogP contribution in [0.15, 0.2) is 36.9 Å². The van der Waals surface area contributed by atoms with Gasteiger partial charge in [0.2, 0.25) is 0 Å². The van der Waals surface area contributed by atoms with Gasteiger partial charge in [-0.25, -0.2) is 4.98 Å². The zero-order valence-electron chi connectivity index (χ0n) is 12.3. The third-order valence-electron chi connectivity index (χ3n) is 3.35. The maximum Gasteiger partial charge on any atom is 0.119 e. The summed E-state index contributed by atoms with van der Waals surface area (Å²) < 4.78 is 7.81. The van der Waals surface area contributed by atoms with E-state index in [4.69, 9.17) is 4.74 Å². The van der Waals surface area contributed by atoms with Gasteiger partial charge in [0.25, 0.3) is 0 Å². The molecule has 0 unspecified atom stereocenters. The lowest BCUT2D eigenvalue weighted by Crippen LogP contribution is -2.22. The maximum absolute atomic E-state index is 5.72. The van der Waals surface area contributed by atoms with Crippen LogP contribution in [0.3, 0.4) is 0 Å². The van der Waals surface area contributed by atoms with E-state index in [2.05, 4.69) is 40.8 Å². The summed E-state index contributed by atoms with van der Waals surface area (Å²) in [7, 11) is 0. The number of hydrogen-bond acceptors (Lipinski definition) is 3. The van der Waals surface area contributed by atoms with E-state index in [1.807, 2.05) is 24.8 Å². The quantitative estimate of drug-likeness (QED) is 0.751. The molecular formula is C16H23N3O. The number of ether oxygens (including phenoxy) is 1. The van der Waals surface area contributed by atoms with Gasteiger partial charge in [-0.2, -0.15) is 0 Å². The molecule has 1 N–H and O–H groups in total. The van der Waals surface area contributed by atoms with Crippen molar-refractivity contribution in [1.82, 2.24) is 14.9 Å². The van der Waals surface area contributed by atoms with E-state index in [9.17, 15) is 0 Å². The zero-order valence-corrected chi connectivity index (χ0v) is 12.3. The highest BCUT2D eigenvalue weighted by Gasteiger charge is 1.97. The Morgan fingerprint density at radius 3 is 2.85 bits per heavy atom. The lowest BCUT2D eigenvalue weighted by atomic mass is 10.1. The highest BCUT2D eigenvalue weighted by Crippen LogP contribution is 2.15. The lowest BCUT2D eigenvalue weighted by Gasteiger charge is -2.09. The minimum absolute atomic E-state index is 0.702. The first-order chi connectivity index (χ1) is 9.75. The van der Waals surface area contributed by atoms with Crippen molar-refractivity contribution in [1.29, 1.82) is 0 Å². The molecule has 0 amide bonds. The van der Waals surface area contributed by atoms with E-state index in [0.29, 0.717) is 6.61 Å². The SMILES string of the molecule is Cc1ccc(OCCNCCCn2ccnc2)cc1C. The molecule has 0 bridgehead atoms. The van der Waals surface area contributed by atoms with Crippen molar-refractivity contribution in [3.63, 3.8) is 0 Å². The summed E-state index contributed by atoms with van der Waals surface area (Å²) in [6.45, 7) is 7.79. The average Bonchev–Trinajstić information content (AvgIpc) is 2.95. The second kappa shape index (κ2) is 7.70. The first-order valence-electron chi connectivity index (χ1n) is 7.12. The highest BCUT2D eigenvalue weighted by atomic mass is 16.5. The maximum atomic E-state index is 5.72. The number of nitrogens with zero attached hydrogens (tertiary/aromatic N) is 2. The Morgan fingerprint density at radius 1 is 1.20 bits per heavy atom. The van der Waals surface area contributed by atoms with Crippen molar-refractivity contribution in [2.45, 2.75) is 26.8 Å². The Balaban J connectivity index is 1.54. The summed E-state index contributed by atoms with van der Waals surface area (Å²) in [5.74, 6) is 0.952. The molecule has 4 heteroatoms. The van der Waals surface area contributed by atoms with E-state index >= 15 is 0 Å². The van der Waals surface area contributed by atoms with Gasteiger partial charge in [0.15, 0.2) is 0 Å². The molecule has 1 aromatic heterocycles. The van der Waals surface area contributed by atoms with Crippen molar-refractivity contribution < 1.29 is 4.74 Å². The molecule has 2 aromatic rings. The Bertz CT molecular complexity index is 508. The molecule has 0 saturated carbocycles. The highest BCUT2D eigenvalue weighted by molar-refractivity contribution is 5.33. The fraction of sp³-hybridized carbons (Fsp3) is 0.438. The van der Waals surface area contributed by atoms with Crippen LogP contribution >= 0.6 is 0 Å². The molecule has 0 atom stereocenters. The molecule has 0 radical (unpaired) electrons. The van der Waals surface area contributed by atoms with Crippen LogP contribution in [0.4, 0.5) is 0 Å². The summed E-state index contributed by atoms with van der Waals surface area (Å²) in [5.41, 5.74) is 2.57. The van der Waals surface area contributed by atoms with Gasteiger partial charge in [0.05, 0.1) is 6.33 Å². The fourth-order valence-corrected chi connectivity index (χ4v) is 1.98. The van der Waals surface area contributed by atoms with Gasteiger partial charge in [0, 0.05) is 25.5 Å². The van der Waals surface area contributed by atoms with Crippen molar-refractivity contribution in [2.75, 3.05) is 19.7 Å². The molecule has 1 aromatic carbocycles. The van der Waals surface area contributed by atoms with Crippen LogP contribution in [0.5, 0.6) is 5.75 Å². The van der Waals surface area contributed by atoms with Crippen LogP contribution in [0.25, 0.3) is 0 Å². The second-order valence-corrected chi connectivity index (χ2v) is 5.00. The van der Waals surface area contributed by atoms with Crippen molar-refractivity contribution in [3.05, 3.63) is 48.0 Å². The molecule has 1 heterocycles. The van der Waals surface area contributed by atoms with Crippen LogP contribution in [0, 0.1) is 13.8 Å². The van der Waals surface area contributed by atoms with E-state index in [0.717, 1.165) is 31.8 Å². The van der Waals surface area contributed by atoms with Gasteiger partial charge in [-0.15, -0.1) is 0 Å². The van der Waals surface area contributed by atoms with E-state index in [-0.39, 0.29) is 0 Å². The standard InChI is InChI=1S/C16H23N3O/c1-14-4-5-16(12-15(14)2)20-11-8-17-6-3-9-19-10-7-18-13-19/h4-5,7,10,12-13,17H,3,6,8-9,11H2,1-2H3. The topological polar surface area (TPSA) is 39.1 Å². The first-order valence-corrected chi connectivity index (χ1v) is 7.12. The molecular weight excluding hydrogens is 250 g/mol. The van der Waals surface area contributed by atoms with Gasteiger partial charge in [-0.05, 0) is 50.1 Å². The predicted molar refractivity (Wildman–Crippen MR) is 81.1 cm³/mol. The normalized spacial score (nSPS) is 10.7. The number of nitrogens with one attached hydrogen (secondary N) is 1. The Labute approximate surface area is 120 Å². The Morgan fingerprint density at radius 2 is 2.10 bits per heavy atom. The largest absolute Gasteiger partial charge is 0.492 e. The molecule has 0 fully saturated rings. The average molecular weight is 273 g/mol. The van der Waals surface area contributed by atoms with Gasteiger partial charge >= 0.3 is 0 Å². The smallest absolute Gasteiger partial charge is 0.119 e. The summed E-state index contributed by atoms with van der Waals surface area (Å²) in [5, 5.41) is 3.39. The molecule has 0 saturated heterocycles. The van der Waals surface area contributed by atoms with E-state index in [1.54, 1.807) is 0 Å². The zero-order chi connectivity index (χ0) is 14.2. The molecule has 0 aliphatic heterocycles. The van der Waals surface area contributed by atoms with E-state index < -0.39 is 0 Å². The number of aromatic nitrogens is 2. The molecule has 0 aliphatic rings. The Hall–Kier alpha value is -1.81. The number of hydrogen-bond donors (Lipinski definition) is 1.